The molecule has 0 bridgehead atoms. The molecule has 0 saturated carbocycles. The van der Waals surface area contributed by atoms with Crippen molar-refractivity contribution in [2.75, 3.05) is 17.5 Å². The van der Waals surface area contributed by atoms with Crippen LogP contribution < -0.4 is 14.4 Å². The first-order chi connectivity index (χ1) is 19.2. The largest absolute Gasteiger partial charge is 0.494 e. The van der Waals surface area contributed by atoms with E-state index in [1.54, 1.807) is 31.2 Å². The standard InChI is InChI=1S/C31H38FN3O5S/c1-7-40-27-16-14-26(15-17-27)35(41(38,39)28-18-12-25(32)13-19-28)21-29(36)34(20-24-11-9-8-10-22(24)2)23(3)30(37)33-31(4,5)6/h8-19,23H,7,20-21H2,1-6H3,(H,33,37). The summed E-state index contributed by atoms with van der Waals surface area (Å²) >= 11 is 0. The molecule has 3 rings (SSSR count). The molecule has 1 atom stereocenters. The molecule has 0 saturated heterocycles. The molecule has 3 aromatic carbocycles. The van der Waals surface area contributed by atoms with Gasteiger partial charge in [-0.1, -0.05) is 24.3 Å². The lowest BCUT2D eigenvalue weighted by Gasteiger charge is -2.33. The van der Waals surface area contributed by atoms with Crippen LogP contribution in [0.4, 0.5) is 10.1 Å². The number of amides is 2. The number of aryl methyl sites for hydroxylation is 1. The van der Waals surface area contributed by atoms with E-state index in [2.05, 4.69) is 5.32 Å². The summed E-state index contributed by atoms with van der Waals surface area (Å²) in [5, 5.41) is 2.91. The Bertz CT molecular complexity index is 1450. The Hall–Kier alpha value is -3.92. The molecule has 10 heteroatoms. The summed E-state index contributed by atoms with van der Waals surface area (Å²) in [5.74, 6) is -0.996. The molecule has 41 heavy (non-hydrogen) atoms. The van der Waals surface area contributed by atoms with E-state index in [-0.39, 0.29) is 23.0 Å². The third kappa shape index (κ3) is 8.29. The van der Waals surface area contributed by atoms with Crippen LogP contribution in [0.25, 0.3) is 0 Å². The minimum Gasteiger partial charge on any atom is -0.494 e. The van der Waals surface area contributed by atoms with E-state index in [1.807, 2.05) is 58.9 Å². The fraction of sp³-hybridized carbons (Fsp3) is 0.355. The number of nitrogens with one attached hydrogen (secondary N) is 1. The monoisotopic (exact) mass is 583 g/mol. The number of nitrogens with zero attached hydrogens (tertiary/aromatic N) is 2. The van der Waals surface area contributed by atoms with Gasteiger partial charge in [0.2, 0.25) is 11.8 Å². The van der Waals surface area contributed by atoms with Crippen molar-refractivity contribution < 1.29 is 27.1 Å². The maximum Gasteiger partial charge on any atom is 0.264 e. The first-order valence-corrected chi connectivity index (χ1v) is 14.8. The Labute approximate surface area is 242 Å². The van der Waals surface area contributed by atoms with E-state index in [0.717, 1.165) is 39.7 Å². The van der Waals surface area contributed by atoms with Gasteiger partial charge in [-0.05, 0) is 101 Å². The maximum absolute atomic E-state index is 14.0. The third-order valence-corrected chi connectivity index (χ3v) is 8.17. The highest BCUT2D eigenvalue weighted by atomic mass is 32.2. The van der Waals surface area contributed by atoms with Gasteiger partial charge in [-0.15, -0.1) is 0 Å². The van der Waals surface area contributed by atoms with Gasteiger partial charge in [0.25, 0.3) is 10.0 Å². The van der Waals surface area contributed by atoms with Crippen LogP contribution in [0, 0.1) is 12.7 Å². The van der Waals surface area contributed by atoms with Gasteiger partial charge in [0.1, 0.15) is 24.2 Å². The highest BCUT2D eigenvalue weighted by Gasteiger charge is 2.33. The number of carbonyl (C=O) groups excluding carboxylic acids is 2. The number of halogens is 1. The molecule has 1 unspecified atom stereocenters. The van der Waals surface area contributed by atoms with Crippen molar-refractivity contribution in [1.82, 2.24) is 10.2 Å². The molecule has 0 radical (unpaired) electrons. The summed E-state index contributed by atoms with van der Waals surface area (Å²) in [4.78, 5) is 28.4. The van der Waals surface area contributed by atoms with Crippen LogP contribution >= 0.6 is 0 Å². The molecule has 2 amide bonds. The first kappa shape index (κ1) is 31.6. The normalized spacial score (nSPS) is 12.4. The lowest BCUT2D eigenvalue weighted by Crippen LogP contribution is -2.54. The summed E-state index contributed by atoms with van der Waals surface area (Å²) in [6.45, 7) is 10.8. The van der Waals surface area contributed by atoms with Crippen molar-refractivity contribution in [3.8, 4) is 5.75 Å². The van der Waals surface area contributed by atoms with Gasteiger partial charge in [-0.25, -0.2) is 12.8 Å². The molecule has 0 aromatic heterocycles. The van der Waals surface area contributed by atoms with E-state index in [9.17, 15) is 22.4 Å². The zero-order valence-corrected chi connectivity index (χ0v) is 25.2. The number of ether oxygens (including phenoxy) is 1. The predicted molar refractivity (Wildman–Crippen MR) is 158 cm³/mol. The van der Waals surface area contributed by atoms with Crippen LogP contribution in [0.15, 0.2) is 77.7 Å². The Morgan fingerprint density at radius 2 is 1.59 bits per heavy atom. The Balaban J connectivity index is 2.05. The van der Waals surface area contributed by atoms with Crippen molar-refractivity contribution in [3.63, 3.8) is 0 Å². The van der Waals surface area contributed by atoms with E-state index >= 15 is 0 Å². The average molecular weight is 584 g/mol. The summed E-state index contributed by atoms with van der Waals surface area (Å²) in [7, 11) is -4.30. The Kier molecular flexibility index (Phi) is 10.1. The van der Waals surface area contributed by atoms with Gasteiger partial charge < -0.3 is 15.0 Å². The topological polar surface area (TPSA) is 96.0 Å². The van der Waals surface area contributed by atoms with Gasteiger partial charge in [-0.2, -0.15) is 0 Å². The second-order valence-corrected chi connectivity index (χ2v) is 12.6. The highest BCUT2D eigenvalue weighted by Crippen LogP contribution is 2.27. The molecular formula is C31H38FN3O5S. The predicted octanol–water partition coefficient (Wildman–Crippen LogP) is 5.06. The zero-order valence-electron chi connectivity index (χ0n) is 24.3. The number of hydrogen-bond donors (Lipinski definition) is 1. The van der Waals surface area contributed by atoms with Gasteiger partial charge in [0.05, 0.1) is 17.2 Å². The minimum atomic E-state index is -4.30. The van der Waals surface area contributed by atoms with Crippen LogP contribution in [0.2, 0.25) is 0 Å². The molecule has 0 fully saturated rings. The third-order valence-electron chi connectivity index (χ3n) is 6.38. The van der Waals surface area contributed by atoms with Crippen LogP contribution in [0.1, 0.15) is 45.7 Å². The molecule has 0 heterocycles. The van der Waals surface area contributed by atoms with Crippen LogP contribution in [-0.2, 0) is 26.2 Å². The fourth-order valence-electron chi connectivity index (χ4n) is 4.17. The van der Waals surface area contributed by atoms with Crippen LogP contribution in [0.5, 0.6) is 5.75 Å². The first-order valence-electron chi connectivity index (χ1n) is 13.4. The summed E-state index contributed by atoms with van der Waals surface area (Å²) in [6, 6.07) is 17.3. The molecule has 3 aromatic rings. The van der Waals surface area contributed by atoms with Gasteiger partial charge in [-0.3, -0.25) is 13.9 Å². The van der Waals surface area contributed by atoms with E-state index in [0.29, 0.717) is 12.4 Å². The van der Waals surface area contributed by atoms with Crippen LogP contribution in [-0.4, -0.2) is 49.9 Å². The van der Waals surface area contributed by atoms with E-state index in [4.69, 9.17) is 4.74 Å². The quantitative estimate of drug-likeness (QED) is 0.341. The highest BCUT2D eigenvalue weighted by molar-refractivity contribution is 7.92. The number of carbonyl (C=O) groups is 2. The summed E-state index contributed by atoms with van der Waals surface area (Å²) in [6.07, 6.45) is 0. The smallest absolute Gasteiger partial charge is 0.264 e. The summed E-state index contributed by atoms with van der Waals surface area (Å²) < 4.78 is 47.8. The second-order valence-electron chi connectivity index (χ2n) is 10.8. The average Bonchev–Trinajstić information content (AvgIpc) is 2.90. The van der Waals surface area contributed by atoms with Crippen molar-refractivity contribution in [2.24, 2.45) is 0 Å². The van der Waals surface area contributed by atoms with Gasteiger partial charge in [0, 0.05) is 12.1 Å². The molecule has 0 aliphatic rings. The van der Waals surface area contributed by atoms with Crippen molar-refractivity contribution in [2.45, 2.75) is 64.6 Å². The summed E-state index contributed by atoms with van der Waals surface area (Å²) in [5.41, 5.74) is 1.43. The fourth-order valence-corrected chi connectivity index (χ4v) is 5.58. The van der Waals surface area contributed by atoms with Crippen LogP contribution in [0.3, 0.4) is 0 Å². The Morgan fingerprint density at radius 3 is 2.15 bits per heavy atom. The minimum absolute atomic E-state index is 0.0952. The molecule has 1 N–H and O–H groups in total. The second kappa shape index (κ2) is 13.2. The number of benzene rings is 3. The molecular weight excluding hydrogens is 545 g/mol. The zero-order chi connectivity index (χ0) is 30.4. The lowest BCUT2D eigenvalue weighted by molar-refractivity contribution is -0.140. The number of anilines is 1. The van der Waals surface area contributed by atoms with E-state index in [1.165, 1.54) is 4.90 Å². The van der Waals surface area contributed by atoms with Crippen molar-refractivity contribution in [1.29, 1.82) is 0 Å². The lowest BCUT2D eigenvalue weighted by atomic mass is 10.1. The van der Waals surface area contributed by atoms with Gasteiger partial charge in [0.15, 0.2) is 0 Å². The molecule has 0 spiro atoms. The van der Waals surface area contributed by atoms with Crippen molar-refractivity contribution >= 4 is 27.5 Å². The van der Waals surface area contributed by atoms with E-state index < -0.39 is 39.9 Å². The number of sulfonamides is 1. The SMILES string of the molecule is CCOc1ccc(N(CC(=O)N(Cc2ccccc2C)C(C)C(=O)NC(C)(C)C)S(=O)(=O)c2ccc(F)cc2)cc1. The molecule has 0 aliphatic carbocycles. The number of hydrogen-bond acceptors (Lipinski definition) is 5. The molecule has 0 aliphatic heterocycles. The molecule has 220 valence electrons. The van der Waals surface area contributed by atoms with Crippen molar-refractivity contribution in [3.05, 3.63) is 89.7 Å². The molecule has 8 nitrogen and oxygen atoms in total. The Morgan fingerprint density at radius 1 is 0.976 bits per heavy atom. The van der Waals surface area contributed by atoms with Gasteiger partial charge >= 0.3 is 0 Å². The number of rotatable bonds is 11. The maximum atomic E-state index is 14.0.